The Bertz CT molecular complexity index is 743. The number of fused-ring (bicyclic) bond motifs is 5. The average molecular weight is 352 g/mol. The number of allylic oxidation sites excluding steroid dienone is 2. The van der Waals surface area contributed by atoms with Crippen LogP contribution in [0, 0.1) is 23.7 Å². The Kier molecular flexibility index (Phi) is 3.23. The smallest absolute Gasteiger partial charge is 0.240 e. The van der Waals surface area contributed by atoms with Crippen LogP contribution in [0.3, 0.4) is 0 Å². The first-order valence-corrected chi connectivity index (χ1v) is 10.1. The molecule has 130 valence electrons. The topological polar surface area (TPSA) is 101 Å². The number of sulfone groups is 1. The van der Waals surface area contributed by atoms with E-state index in [0.717, 1.165) is 11.3 Å². The second kappa shape index (κ2) is 4.91. The van der Waals surface area contributed by atoms with E-state index in [-0.39, 0.29) is 53.5 Å². The summed E-state index contributed by atoms with van der Waals surface area (Å²) >= 11 is 0. The molecule has 4 rings (SSSR count). The third-order valence-electron chi connectivity index (χ3n) is 5.81. The molecule has 7 nitrogen and oxygen atoms in total. The number of imide groups is 1. The Balaban J connectivity index is 1.44. The zero-order chi connectivity index (χ0) is 17.3. The summed E-state index contributed by atoms with van der Waals surface area (Å²) in [6.07, 6.45) is 5.21. The molecule has 0 aromatic carbocycles. The van der Waals surface area contributed by atoms with Crippen molar-refractivity contribution in [2.45, 2.75) is 25.3 Å². The number of rotatable bonds is 3. The van der Waals surface area contributed by atoms with Gasteiger partial charge >= 0.3 is 0 Å². The lowest BCUT2D eigenvalue weighted by atomic mass is 9.85. The fourth-order valence-electron chi connectivity index (χ4n) is 4.75. The molecule has 1 N–H and O–H groups in total. The summed E-state index contributed by atoms with van der Waals surface area (Å²) in [6.45, 7) is 1.36. The van der Waals surface area contributed by atoms with Crippen molar-refractivity contribution in [3.63, 3.8) is 0 Å². The maximum Gasteiger partial charge on any atom is 0.240 e. The van der Waals surface area contributed by atoms with Crippen molar-refractivity contribution < 1.29 is 22.8 Å². The van der Waals surface area contributed by atoms with E-state index in [1.165, 1.54) is 0 Å². The first-order valence-electron chi connectivity index (χ1n) is 8.24. The molecule has 2 heterocycles. The summed E-state index contributed by atoms with van der Waals surface area (Å²) in [5.74, 6) is -1.47. The second-order valence-electron chi connectivity index (χ2n) is 7.71. The normalized spacial score (nSPS) is 42.0. The minimum atomic E-state index is -3.14. The monoisotopic (exact) mass is 352 g/mol. The molecule has 3 amide bonds. The van der Waals surface area contributed by atoms with E-state index in [4.69, 9.17) is 0 Å². The standard InChI is InChI=1S/C16H20N2O5S/c1-16(4-5-24(22,23)8-16)17-11(19)7-18-14(20)12-9-2-3-10(6-9)13(12)15(18)21/h2-3,9-10,12-13H,4-8H2,1H3,(H,17,19). The molecule has 2 aliphatic heterocycles. The molecular formula is C16H20N2O5S. The van der Waals surface area contributed by atoms with E-state index in [2.05, 4.69) is 5.32 Å². The van der Waals surface area contributed by atoms with Crippen LogP contribution in [-0.2, 0) is 24.2 Å². The van der Waals surface area contributed by atoms with E-state index in [9.17, 15) is 22.8 Å². The molecule has 0 aromatic heterocycles. The van der Waals surface area contributed by atoms with Crippen LogP contribution in [0.4, 0.5) is 0 Å². The Hall–Kier alpha value is -1.70. The van der Waals surface area contributed by atoms with Crippen molar-refractivity contribution in [3.8, 4) is 0 Å². The SMILES string of the molecule is CC1(NC(=O)CN2C(=O)C3C4C=CC(C4)C3C2=O)CCS(=O)(=O)C1. The molecule has 5 unspecified atom stereocenters. The Morgan fingerprint density at radius 1 is 1.25 bits per heavy atom. The highest BCUT2D eigenvalue weighted by atomic mass is 32.2. The van der Waals surface area contributed by atoms with Gasteiger partial charge in [-0.3, -0.25) is 19.3 Å². The number of hydrogen-bond donors (Lipinski definition) is 1. The van der Waals surface area contributed by atoms with E-state index >= 15 is 0 Å². The number of nitrogens with zero attached hydrogens (tertiary/aromatic N) is 1. The molecule has 24 heavy (non-hydrogen) atoms. The van der Waals surface area contributed by atoms with Gasteiger partial charge in [0.2, 0.25) is 17.7 Å². The van der Waals surface area contributed by atoms with Crippen LogP contribution in [0.15, 0.2) is 12.2 Å². The van der Waals surface area contributed by atoms with E-state index in [1.54, 1.807) is 6.92 Å². The van der Waals surface area contributed by atoms with Gasteiger partial charge < -0.3 is 5.32 Å². The van der Waals surface area contributed by atoms with Crippen molar-refractivity contribution >= 4 is 27.6 Å². The van der Waals surface area contributed by atoms with Crippen LogP contribution < -0.4 is 5.32 Å². The Morgan fingerprint density at radius 3 is 2.33 bits per heavy atom. The quantitative estimate of drug-likeness (QED) is 0.544. The van der Waals surface area contributed by atoms with Gasteiger partial charge in [-0.2, -0.15) is 0 Å². The molecule has 0 aromatic rings. The van der Waals surface area contributed by atoms with Gasteiger partial charge in [0, 0.05) is 0 Å². The molecule has 5 atom stereocenters. The molecule has 2 saturated heterocycles. The van der Waals surface area contributed by atoms with Gasteiger partial charge in [-0.05, 0) is 31.6 Å². The number of amides is 3. The van der Waals surface area contributed by atoms with Crippen molar-refractivity contribution in [2.75, 3.05) is 18.1 Å². The molecule has 1 saturated carbocycles. The Morgan fingerprint density at radius 2 is 1.83 bits per heavy atom. The maximum atomic E-state index is 12.5. The number of carbonyl (C=O) groups is 3. The van der Waals surface area contributed by atoms with Crippen molar-refractivity contribution in [1.29, 1.82) is 0 Å². The third-order valence-corrected chi connectivity index (χ3v) is 7.71. The van der Waals surface area contributed by atoms with Gasteiger partial charge in [0.15, 0.2) is 9.84 Å². The second-order valence-corrected chi connectivity index (χ2v) is 9.90. The number of hydrogen-bond acceptors (Lipinski definition) is 5. The highest BCUT2D eigenvalue weighted by Gasteiger charge is 2.59. The zero-order valence-corrected chi connectivity index (χ0v) is 14.2. The summed E-state index contributed by atoms with van der Waals surface area (Å²) in [6, 6.07) is 0. The summed E-state index contributed by atoms with van der Waals surface area (Å²) in [7, 11) is -3.14. The van der Waals surface area contributed by atoms with E-state index in [0.29, 0.717) is 6.42 Å². The molecule has 0 spiro atoms. The first kappa shape index (κ1) is 15.8. The first-order chi connectivity index (χ1) is 11.2. The minimum absolute atomic E-state index is 0.0462. The van der Waals surface area contributed by atoms with Gasteiger partial charge in [-0.1, -0.05) is 12.2 Å². The van der Waals surface area contributed by atoms with Gasteiger partial charge in [-0.25, -0.2) is 8.42 Å². The van der Waals surface area contributed by atoms with Crippen LogP contribution in [0.1, 0.15) is 19.8 Å². The van der Waals surface area contributed by atoms with Crippen molar-refractivity contribution in [2.24, 2.45) is 23.7 Å². The number of carbonyl (C=O) groups excluding carboxylic acids is 3. The lowest BCUT2D eigenvalue weighted by Gasteiger charge is -2.25. The van der Waals surface area contributed by atoms with Crippen LogP contribution >= 0.6 is 0 Å². The molecule has 4 aliphatic rings. The fourth-order valence-corrected chi connectivity index (χ4v) is 6.84. The molecule has 3 fully saturated rings. The molecule has 8 heteroatoms. The Labute approximate surface area is 140 Å². The van der Waals surface area contributed by atoms with Gasteiger partial charge in [0.1, 0.15) is 6.54 Å². The molecule has 2 aliphatic carbocycles. The lowest BCUT2D eigenvalue weighted by molar-refractivity contribution is -0.144. The van der Waals surface area contributed by atoms with Crippen LogP contribution in [-0.4, -0.2) is 54.6 Å². The van der Waals surface area contributed by atoms with Crippen LogP contribution in [0.5, 0.6) is 0 Å². The fraction of sp³-hybridized carbons (Fsp3) is 0.688. The minimum Gasteiger partial charge on any atom is -0.348 e. The van der Waals surface area contributed by atoms with Crippen molar-refractivity contribution in [1.82, 2.24) is 10.2 Å². The largest absolute Gasteiger partial charge is 0.348 e. The van der Waals surface area contributed by atoms with Gasteiger partial charge in [0.05, 0.1) is 28.9 Å². The molecule has 0 radical (unpaired) electrons. The lowest BCUT2D eigenvalue weighted by Crippen LogP contribution is -2.51. The van der Waals surface area contributed by atoms with Crippen molar-refractivity contribution in [3.05, 3.63) is 12.2 Å². The molecule has 2 bridgehead atoms. The maximum absolute atomic E-state index is 12.5. The number of nitrogens with one attached hydrogen (secondary N) is 1. The van der Waals surface area contributed by atoms with Crippen LogP contribution in [0.25, 0.3) is 0 Å². The average Bonchev–Trinajstić information content (AvgIpc) is 3.19. The predicted molar refractivity (Wildman–Crippen MR) is 84.3 cm³/mol. The highest BCUT2D eigenvalue weighted by Crippen LogP contribution is 2.52. The molecular weight excluding hydrogens is 332 g/mol. The van der Waals surface area contributed by atoms with E-state index in [1.807, 2.05) is 12.2 Å². The highest BCUT2D eigenvalue weighted by molar-refractivity contribution is 7.91. The van der Waals surface area contributed by atoms with Crippen LogP contribution in [0.2, 0.25) is 0 Å². The van der Waals surface area contributed by atoms with Gasteiger partial charge in [0.25, 0.3) is 0 Å². The zero-order valence-electron chi connectivity index (χ0n) is 13.4. The van der Waals surface area contributed by atoms with E-state index < -0.39 is 21.3 Å². The summed E-state index contributed by atoms with van der Waals surface area (Å²) < 4.78 is 23.2. The van der Waals surface area contributed by atoms with Gasteiger partial charge in [-0.15, -0.1) is 0 Å². The summed E-state index contributed by atoms with van der Waals surface area (Å²) in [5.41, 5.74) is -0.821. The summed E-state index contributed by atoms with van der Waals surface area (Å²) in [4.78, 5) is 38.4. The summed E-state index contributed by atoms with van der Waals surface area (Å²) in [5, 5.41) is 2.70. The third kappa shape index (κ3) is 2.30. The number of likely N-dealkylation sites (tertiary alicyclic amines) is 1. The predicted octanol–water partition coefficient (Wildman–Crippen LogP) is -0.513.